The lowest BCUT2D eigenvalue weighted by Crippen LogP contribution is -2.28. The minimum atomic E-state index is -0.112. The van der Waals surface area contributed by atoms with E-state index < -0.39 is 0 Å². The topological polar surface area (TPSA) is 50.7 Å². The zero-order chi connectivity index (χ0) is 13.2. The van der Waals surface area contributed by atoms with Gasteiger partial charge in [0.25, 0.3) is 0 Å². The second kappa shape index (κ2) is 5.29. The number of rotatable bonds is 2. The third-order valence-electron chi connectivity index (χ3n) is 3.95. The Morgan fingerprint density at radius 3 is 2.37 bits per heavy atom. The van der Waals surface area contributed by atoms with Crippen LogP contribution in [0.3, 0.4) is 0 Å². The van der Waals surface area contributed by atoms with E-state index in [2.05, 4.69) is 12.2 Å². The molecule has 1 aliphatic heterocycles. The molecule has 1 saturated carbocycles. The molecule has 2 aliphatic rings. The minimum Gasteiger partial charge on any atom is -0.486 e. The van der Waals surface area contributed by atoms with Crippen molar-refractivity contribution in [2.24, 2.45) is 0 Å². The summed E-state index contributed by atoms with van der Waals surface area (Å²) >= 11 is 0. The zero-order valence-corrected chi connectivity index (χ0v) is 11.3. The first-order valence-electron chi connectivity index (χ1n) is 7.07. The molecule has 0 atom stereocenters. The van der Waals surface area contributed by atoms with Crippen LogP contribution in [-0.2, 0) is 0 Å². The highest BCUT2D eigenvalue weighted by Crippen LogP contribution is 2.36. The summed E-state index contributed by atoms with van der Waals surface area (Å²) in [4.78, 5) is 0. The molecule has 1 heterocycles. The van der Waals surface area contributed by atoms with Gasteiger partial charge in [-0.05, 0) is 44.2 Å². The molecule has 0 bridgehead atoms. The van der Waals surface area contributed by atoms with Crippen molar-refractivity contribution in [1.82, 2.24) is 0 Å². The third-order valence-corrected chi connectivity index (χ3v) is 3.95. The van der Waals surface area contributed by atoms with E-state index in [-0.39, 0.29) is 6.10 Å². The Kier molecular flexibility index (Phi) is 3.51. The van der Waals surface area contributed by atoms with Gasteiger partial charge in [-0.3, -0.25) is 0 Å². The van der Waals surface area contributed by atoms with Crippen molar-refractivity contribution in [1.29, 1.82) is 0 Å². The van der Waals surface area contributed by atoms with Gasteiger partial charge in [0.15, 0.2) is 11.5 Å². The van der Waals surface area contributed by atoms with Crippen LogP contribution in [0, 0.1) is 6.92 Å². The number of nitrogens with one attached hydrogen (secondary N) is 1. The minimum absolute atomic E-state index is 0.112. The van der Waals surface area contributed by atoms with Crippen LogP contribution < -0.4 is 14.8 Å². The fourth-order valence-corrected chi connectivity index (χ4v) is 2.79. The number of aryl methyl sites for hydroxylation is 1. The first-order valence-corrected chi connectivity index (χ1v) is 7.07. The average molecular weight is 263 g/mol. The van der Waals surface area contributed by atoms with Gasteiger partial charge in [-0.2, -0.15) is 0 Å². The lowest BCUT2D eigenvalue weighted by Gasteiger charge is -2.28. The van der Waals surface area contributed by atoms with Gasteiger partial charge < -0.3 is 19.9 Å². The number of aliphatic hydroxyl groups excluding tert-OH is 1. The SMILES string of the molecule is Cc1cc2c(cc1NC1CCC(O)CC1)OCCO2. The Morgan fingerprint density at radius 2 is 1.68 bits per heavy atom. The molecule has 0 radical (unpaired) electrons. The van der Waals surface area contributed by atoms with Crippen LogP contribution in [0.5, 0.6) is 11.5 Å². The molecule has 4 nitrogen and oxygen atoms in total. The summed E-state index contributed by atoms with van der Waals surface area (Å²) in [5.74, 6) is 1.67. The van der Waals surface area contributed by atoms with Gasteiger partial charge in [0.1, 0.15) is 13.2 Å². The molecule has 0 unspecified atom stereocenters. The Hall–Kier alpha value is -1.42. The number of fused-ring (bicyclic) bond motifs is 1. The Balaban J connectivity index is 1.73. The number of ether oxygens (including phenoxy) is 2. The number of aliphatic hydroxyl groups is 1. The summed E-state index contributed by atoms with van der Waals surface area (Å²) in [5.41, 5.74) is 2.29. The quantitative estimate of drug-likeness (QED) is 0.860. The molecule has 19 heavy (non-hydrogen) atoms. The summed E-state index contributed by atoms with van der Waals surface area (Å²) in [5, 5.41) is 13.1. The number of benzene rings is 1. The smallest absolute Gasteiger partial charge is 0.163 e. The summed E-state index contributed by atoms with van der Waals surface area (Å²) in [6.45, 7) is 3.32. The first-order chi connectivity index (χ1) is 9.22. The van der Waals surface area contributed by atoms with Crippen LogP contribution in [-0.4, -0.2) is 30.5 Å². The molecule has 2 N–H and O–H groups in total. The molecule has 1 aromatic carbocycles. The average Bonchev–Trinajstić information content (AvgIpc) is 2.42. The van der Waals surface area contributed by atoms with E-state index in [1.54, 1.807) is 0 Å². The van der Waals surface area contributed by atoms with Crippen molar-refractivity contribution in [3.8, 4) is 11.5 Å². The Labute approximate surface area is 113 Å². The molecule has 1 aliphatic carbocycles. The lowest BCUT2D eigenvalue weighted by molar-refractivity contribution is 0.126. The highest BCUT2D eigenvalue weighted by Gasteiger charge is 2.21. The maximum atomic E-state index is 9.54. The van der Waals surface area contributed by atoms with Crippen molar-refractivity contribution in [2.45, 2.75) is 44.8 Å². The molecule has 1 fully saturated rings. The van der Waals surface area contributed by atoms with Crippen LogP contribution in [0.4, 0.5) is 5.69 Å². The van der Waals surface area contributed by atoms with Crippen LogP contribution >= 0.6 is 0 Å². The Morgan fingerprint density at radius 1 is 1.05 bits per heavy atom. The number of hydrogen-bond acceptors (Lipinski definition) is 4. The van der Waals surface area contributed by atoms with Crippen LogP contribution in [0.25, 0.3) is 0 Å². The third kappa shape index (κ3) is 2.78. The van der Waals surface area contributed by atoms with E-state index in [9.17, 15) is 5.11 Å². The largest absolute Gasteiger partial charge is 0.486 e. The fraction of sp³-hybridized carbons (Fsp3) is 0.600. The van der Waals surface area contributed by atoms with Crippen molar-refractivity contribution >= 4 is 5.69 Å². The molecule has 1 aromatic rings. The second-order valence-electron chi connectivity index (χ2n) is 5.46. The van der Waals surface area contributed by atoms with E-state index >= 15 is 0 Å². The van der Waals surface area contributed by atoms with Gasteiger partial charge in [0.2, 0.25) is 0 Å². The van der Waals surface area contributed by atoms with Crippen LogP contribution in [0.2, 0.25) is 0 Å². The number of anilines is 1. The van der Waals surface area contributed by atoms with Crippen molar-refractivity contribution < 1.29 is 14.6 Å². The van der Waals surface area contributed by atoms with Gasteiger partial charge in [0.05, 0.1) is 6.10 Å². The van der Waals surface area contributed by atoms with Crippen molar-refractivity contribution in [3.05, 3.63) is 17.7 Å². The van der Waals surface area contributed by atoms with E-state index in [0.717, 1.165) is 42.9 Å². The predicted octanol–water partition coefficient (Wildman–Crippen LogP) is 2.48. The molecular formula is C15H21NO3. The monoisotopic (exact) mass is 263 g/mol. The molecule has 0 saturated heterocycles. The van der Waals surface area contributed by atoms with E-state index in [4.69, 9.17) is 9.47 Å². The Bertz CT molecular complexity index is 453. The molecule has 0 aromatic heterocycles. The van der Waals surface area contributed by atoms with Crippen LogP contribution in [0.1, 0.15) is 31.2 Å². The van der Waals surface area contributed by atoms with Gasteiger partial charge in [-0.25, -0.2) is 0 Å². The molecule has 4 heteroatoms. The summed E-state index contributed by atoms with van der Waals surface area (Å²) in [6.07, 6.45) is 3.71. The zero-order valence-electron chi connectivity index (χ0n) is 11.3. The summed E-state index contributed by atoms with van der Waals surface area (Å²) in [6, 6.07) is 4.52. The fourth-order valence-electron chi connectivity index (χ4n) is 2.79. The number of hydrogen-bond donors (Lipinski definition) is 2. The van der Waals surface area contributed by atoms with Gasteiger partial charge >= 0.3 is 0 Å². The maximum Gasteiger partial charge on any atom is 0.163 e. The van der Waals surface area contributed by atoms with Gasteiger partial charge in [0, 0.05) is 17.8 Å². The summed E-state index contributed by atoms with van der Waals surface area (Å²) in [7, 11) is 0. The van der Waals surface area contributed by atoms with E-state index in [1.807, 2.05) is 12.1 Å². The van der Waals surface area contributed by atoms with Gasteiger partial charge in [-0.15, -0.1) is 0 Å². The molecule has 104 valence electrons. The molecule has 3 rings (SSSR count). The molecule has 0 spiro atoms. The summed E-state index contributed by atoms with van der Waals surface area (Å²) < 4.78 is 11.2. The first kappa shape index (κ1) is 12.6. The standard InChI is InChI=1S/C15H21NO3/c1-10-8-14-15(19-7-6-18-14)9-13(10)16-11-2-4-12(17)5-3-11/h8-9,11-12,16-17H,2-7H2,1H3. The van der Waals surface area contributed by atoms with E-state index in [1.165, 1.54) is 5.56 Å². The van der Waals surface area contributed by atoms with Crippen molar-refractivity contribution in [2.75, 3.05) is 18.5 Å². The van der Waals surface area contributed by atoms with Crippen LogP contribution in [0.15, 0.2) is 12.1 Å². The highest BCUT2D eigenvalue weighted by atomic mass is 16.6. The highest BCUT2D eigenvalue weighted by molar-refractivity contribution is 5.60. The molecule has 0 amide bonds. The lowest BCUT2D eigenvalue weighted by atomic mass is 9.93. The molecular weight excluding hydrogens is 242 g/mol. The van der Waals surface area contributed by atoms with Crippen molar-refractivity contribution in [3.63, 3.8) is 0 Å². The van der Waals surface area contributed by atoms with E-state index in [0.29, 0.717) is 19.3 Å². The second-order valence-corrected chi connectivity index (χ2v) is 5.46. The maximum absolute atomic E-state index is 9.54. The predicted molar refractivity (Wildman–Crippen MR) is 74.1 cm³/mol. The normalized spacial score (nSPS) is 26.0. The van der Waals surface area contributed by atoms with Gasteiger partial charge in [-0.1, -0.05) is 0 Å².